The first kappa shape index (κ1) is 13.0. The van der Waals surface area contributed by atoms with Gasteiger partial charge in [-0.2, -0.15) is 4.99 Å². The summed E-state index contributed by atoms with van der Waals surface area (Å²) in [7, 11) is 0. The van der Waals surface area contributed by atoms with Crippen molar-refractivity contribution in [2.75, 3.05) is 31.5 Å². The lowest BCUT2D eigenvalue weighted by Gasteiger charge is -2.21. The van der Waals surface area contributed by atoms with E-state index in [4.69, 9.17) is 0 Å². The molecular formula is C15H21N5. The number of guanidine groups is 2. The summed E-state index contributed by atoms with van der Waals surface area (Å²) >= 11 is 0. The molecule has 1 aromatic rings. The van der Waals surface area contributed by atoms with Gasteiger partial charge in [-0.1, -0.05) is 17.7 Å². The summed E-state index contributed by atoms with van der Waals surface area (Å²) < 4.78 is 0. The minimum Gasteiger partial charge on any atom is -0.353 e. The number of nitrogens with one attached hydrogen (secondary N) is 2. The Morgan fingerprint density at radius 2 is 2.00 bits per heavy atom. The fourth-order valence-electron chi connectivity index (χ4n) is 2.43. The van der Waals surface area contributed by atoms with Crippen LogP contribution in [-0.2, 0) is 0 Å². The molecule has 2 N–H and O–H groups in total. The smallest absolute Gasteiger partial charge is 0.221 e. The van der Waals surface area contributed by atoms with Gasteiger partial charge in [-0.25, -0.2) is 4.99 Å². The van der Waals surface area contributed by atoms with Crippen molar-refractivity contribution in [3.63, 3.8) is 0 Å². The van der Waals surface area contributed by atoms with E-state index >= 15 is 0 Å². The van der Waals surface area contributed by atoms with E-state index in [1.165, 1.54) is 18.4 Å². The Labute approximate surface area is 119 Å². The molecule has 0 atom stereocenters. The van der Waals surface area contributed by atoms with E-state index in [1.54, 1.807) is 0 Å². The number of hydrogen-bond donors (Lipinski definition) is 2. The quantitative estimate of drug-likeness (QED) is 0.605. The summed E-state index contributed by atoms with van der Waals surface area (Å²) in [5, 5.41) is 6.63. The Balaban J connectivity index is 1.79. The van der Waals surface area contributed by atoms with Gasteiger partial charge in [0.05, 0.1) is 6.54 Å². The molecule has 0 radical (unpaired) electrons. The van der Waals surface area contributed by atoms with Crippen molar-refractivity contribution in [1.82, 2.24) is 10.2 Å². The molecule has 0 saturated carbocycles. The van der Waals surface area contributed by atoms with Crippen LogP contribution >= 0.6 is 0 Å². The Morgan fingerprint density at radius 1 is 1.25 bits per heavy atom. The summed E-state index contributed by atoms with van der Waals surface area (Å²) in [5.41, 5.74) is 2.33. The summed E-state index contributed by atoms with van der Waals surface area (Å²) in [4.78, 5) is 11.3. The zero-order chi connectivity index (χ0) is 13.8. The standard InChI is InChI=1S/C15H21N5/c1-12-4-6-13(7-5-12)18-15(20-10-2-3-11-20)19-14-16-8-9-17-14/h4-7H,2-3,8-11H2,1H3,(H2,16,17,18,19). The van der Waals surface area contributed by atoms with Gasteiger partial charge in [0.1, 0.15) is 0 Å². The molecule has 5 heteroatoms. The highest BCUT2D eigenvalue weighted by Crippen LogP contribution is 2.13. The topological polar surface area (TPSA) is 52.0 Å². The third-order valence-electron chi connectivity index (χ3n) is 3.58. The van der Waals surface area contributed by atoms with Crippen LogP contribution < -0.4 is 10.6 Å². The second kappa shape index (κ2) is 5.94. The number of aryl methyl sites for hydroxylation is 1. The first-order valence-electron chi connectivity index (χ1n) is 7.27. The normalized spacial score (nSPS) is 18.9. The van der Waals surface area contributed by atoms with Crippen LogP contribution in [0.25, 0.3) is 0 Å². The second-order valence-corrected chi connectivity index (χ2v) is 5.25. The Morgan fingerprint density at radius 3 is 2.65 bits per heavy atom. The molecule has 0 spiro atoms. The fourth-order valence-corrected chi connectivity index (χ4v) is 2.43. The molecule has 1 saturated heterocycles. The second-order valence-electron chi connectivity index (χ2n) is 5.25. The van der Waals surface area contributed by atoms with Crippen LogP contribution in [0.2, 0.25) is 0 Å². The number of anilines is 1. The highest BCUT2D eigenvalue weighted by molar-refractivity contribution is 6.02. The lowest BCUT2D eigenvalue weighted by molar-refractivity contribution is 0.518. The summed E-state index contributed by atoms with van der Waals surface area (Å²) in [5.74, 6) is 1.64. The van der Waals surface area contributed by atoms with Gasteiger partial charge in [-0.3, -0.25) is 0 Å². The van der Waals surface area contributed by atoms with Gasteiger partial charge in [0.15, 0.2) is 0 Å². The van der Waals surface area contributed by atoms with Crippen LogP contribution in [-0.4, -0.2) is 43.0 Å². The van der Waals surface area contributed by atoms with Crippen LogP contribution in [0.5, 0.6) is 0 Å². The average Bonchev–Trinajstić information content (AvgIpc) is 3.12. The van der Waals surface area contributed by atoms with E-state index < -0.39 is 0 Å². The van der Waals surface area contributed by atoms with Crippen molar-refractivity contribution >= 4 is 17.6 Å². The molecule has 0 amide bonds. The Bertz CT molecular complexity index is 512. The first-order valence-corrected chi connectivity index (χ1v) is 7.27. The van der Waals surface area contributed by atoms with E-state index in [1.807, 2.05) is 0 Å². The molecule has 2 aliphatic heterocycles. The number of nitrogens with zero attached hydrogens (tertiary/aromatic N) is 3. The molecule has 0 unspecified atom stereocenters. The Hall–Kier alpha value is -2.04. The average molecular weight is 271 g/mol. The SMILES string of the molecule is Cc1ccc(NC(=NC2=NCCN2)N2CCCC2)cc1. The molecular weight excluding hydrogens is 250 g/mol. The summed E-state index contributed by atoms with van der Waals surface area (Å²) in [6, 6.07) is 8.39. The van der Waals surface area contributed by atoms with Crippen molar-refractivity contribution in [3.8, 4) is 0 Å². The molecule has 5 nitrogen and oxygen atoms in total. The number of likely N-dealkylation sites (tertiary alicyclic amines) is 1. The molecule has 2 heterocycles. The van der Waals surface area contributed by atoms with Gasteiger partial charge in [0.25, 0.3) is 0 Å². The van der Waals surface area contributed by atoms with Crippen LogP contribution in [0.1, 0.15) is 18.4 Å². The van der Waals surface area contributed by atoms with E-state index in [2.05, 4.69) is 56.7 Å². The van der Waals surface area contributed by atoms with Gasteiger partial charge in [-0.05, 0) is 31.9 Å². The first-order chi connectivity index (χ1) is 9.81. The third kappa shape index (κ3) is 3.10. The molecule has 0 aromatic heterocycles. The lowest BCUT2D eigenvalue weighted by Crippen LogP contribution is -2.36. The van der Waals surface area contributed by atoms with Crippen molar-refractivity contribution in [3.05, 3.63) is 29.8 Å². The van der Waals surface area contributed by atoms with Crippen molar-refractivity contribution in [2.24, 2.45) is 9.98 Å². The van der Waals surface area contributed by atoms with Gasteiger partial charge in [0, 0.05) is 25.3 Å². The number of benzene rings is 1. The largest absolute Gasteiger partial charge is 0.353 e. The number of hydrogen-bond acceptors (Lipinski definition) is 3. The summed E-state index contributed by atoms with van der Waals surface area (Å²) in [6.07, 6.45) is 2.46. The van der Waals surface area contributed by atoms with Crippen molar-refractivity contribution in [2.45, 2.75) is 19.8 Å². The van der Waals surface area contributed by atoms with E-state index in [9.17, 15) is 0 Å². The molecule has 3 rings (SSSR count). The van der Waals surface area contributed by atoms with E-state index in [0.717, 1.165) is 43.8 Å². The molecule has 0 bridgehead atoms. The minimum atomic E-state index is 0.742. The third-order valence-corrected chi connectivity index (χ3v) is 3.58. The van der Waals surface area contributed by atoms with Gasteiger partial charge < -0.3 is 15.5 Å². The van der Waals surface area contributed by atoms with Gasteiger partial charge in [0.2, 0.25) is 11.9 Å². The molecule has 1 fully saturated rings. The van der Waals surface area contributed by atoms with Crippen molar-refractivity contribution in [1.29, 1.82) is 0 Å². The highest BCUT2D eigenvalue weighted by Gasteiger charge is 2.18. The van der Waals surface area contributed by atoms with Crippen LogP contribution in [0.4, 0.5) is 5.69 Å². The minimum absolute atomic E-state index is 0.742. The monoisotopic (exact) mass is 271 g/mol. The molecule has 20 heavy (non-hydrogen) atoms. The lowest BCUT2D eigenvalue weighted by atomic mass is 10.2. The molecule has 106 valence electrons. The van der Waals surface area contributed by atoms with Crippen LogP contribution in [0, 0.1) is 6.92 Å². The summed E-state index contributed by atoms with van der Waals surface area (Å²) in [6.45, 7) is 5.92. The predicted molar refractivity (Wildman–Crippen MR) is 83.3 cm³/mol. The van der Waals surface area contributed by atoms with Crippen LogP contribution in [0.15, 0.2) is 34.3 Å². The van der Waals surface area contributed by atoms with Gasteiger partial charge in [-0.15, -0.1) is 0 Å². The number of aliphatic imine (C=N–C) groups is 2. The van der Waals surface area contributed by atoms with Crippen LogP contribution in [0.3, 0.4) is 0 Å². The highest BCUT2D eigenvalue weighted by atomic mass is 15.3. The molecule has 1 aromatic carbocycles. The van der Waals surface area contributed by atoms with E-state index in [0.29, 0.717) is 0 Å². The zero-order valence-electron chi connectivity index (χ0n) is 11.9. The molecule has 0 aliphatic carbocycles. The van der Waals surface area contributed by atoms with Crippen molar-refractivity contribution < 1.29 is 0 Å². The predicted octanol–water partition coefficient (Wildman–Crippen LogP) is 1.82. The zero-order valence-corrected chi connectivity index (χ0v) is 11.9. The fraction of sp³-hybridized carbons (Fsp3) is 0.467. The maximum absolute atomic E-state index is 4.65. The van der Waals surface area contributed by atoms with E-state index in [-0.39, 0.29) is 0 Å². The number of rotatable bonds is 1. The maximum atomic E-state index is 4.65. The Kier molecular flexibility index (Phi) is 3.85. The molecule has 2 aliphatic rings. The maximum Gasteiger partial charge on any atom is 0.221 e. The van der Waals surface area contributed by atoms with Gasteiger partial charge >= 0.3 is 0 Å².